The van der Waals surface area contributed by atoms with Gasteiger partial charge in [-0.3, -0.25) is 5.10 Å². The van der Waals surface area contributed by atoms with Gasteiger partial charge >= 0.3 is 6.01 Å². The number of unbranched alkanes of at least 4 members (excludes halogenated alkanes) is 1. The summed E-state index contributed by atoms with van der Waals surface area (Å²) in [6.07, 6.45) is 2.10. The second kappa shape index (κ2) is 6.05. The quantitative estimate of drug-likeness (QED) is 0.797. The Labute approximate surface area is 106 Å². The van der Waals surface area contributed by atoms with Crippen molar-refractivity contribution in [1.82, 2.24) is 15.2 Å². The summed E-state index contributed by atoms with van der Waals surface area (Å²) >= 11 is 0. The number of aromatic amines is 1. The molecule has 0 bridgehead atoms. The molecule has 0 unspecified atom stereocenters. The van der Waals surface area contributed by atoms with Crippen LogP contribution >= 0.6 is 0 Å². The van der Waals surface area contributed by atoms with Crippen LogP contribution in [0.1, 0.15) is 19.8 Å². The van der Waals surface area contributed by atoms with E-state index in [0.29, 0.717) is 18.4 Å². The summed E-state index contributed by atoms with van der Waals surface area (Å²) in [6, 6.07) is 8.02. The molecule has 1 heterocycles. The first-order chi connectivity index (χ1) is 8.83. The van der Waals surface area contributed by atoms with E-state index < -0.39 is 0 Å². The van der Waals surface area contributed by atoms with Crippen LogP contribution in [0, 0.1) is 0 Å². The third-order valence-electron chi connectivity index (χ3n) is 2.56. The molecule has 0 saturated carbocycles. The van der Waals surface area contributed by atoms with Gasteiger partial charge in [-0.25, -0.2) is 0 Å². The molecule has 18 heavy (non-hydrogen) atoms. The second-order valence-corrected chi connectivity index (χ2v) is 3.90. The molecule has 5 nitrogen and oxygen atoms in total. The maximum absolute atomic E-state index is 5.42. The summed E-state index contributed by atoms with van der Waals surface area (Å²) in [5.74, 6) is 1.52. The summed E-state index contributed by atoms with van der Waals surface area (Å²) in [4.78, 5) is 4.28. The Balaban J connectivity index is 2.04. The number of hydrogen-bond acceptors (Lipinski definition) is 4. The normalized spacial score (nSPS) is 10.3. The standard InChI is InChI=1S/C13H17N3O2/c1-3-4-9-18-13-14-12(15-16-13)10-5-7-11(17-2)8-6-10/h5-8H,3-4,9H2,1-2H3,(H,14,15,16). The Kier molecular flexibility index (Phi) is 4.17. The van der Waals surface area contributed by atoms with Crippen molar-refractivity contribution >= 4 is 0 Å². The van der Waals surface area contributed by atoms with Gasteiger partial charge in [0.2, 0.25) is 0 Å². The smallest absolute Gasteiger partial charge is 0.335 e. The van der Waals surface area contributed by atoms with Crippen LogP contribution in [-0.4, -0.2) is 28.9 Å². The van der Waals surface area contributed by atoms with E-state index in [1.807, 2.05) is 24.3 Å². The number of H-pyrrole nitrogens is 1. The van der Waals surface area contributed by atoms with Gasteiger partial charge in [0.1, 0.15) is 5.75 Å². The first-order valence-corrected chi connectivity index (χ1v) is 6.03. The van der Waals surface area contributed by atoms with E-state index in [1.54, 1.807) is 7.11 Å². The van der Waals surface area contributed by atoms with Gasteiger partial charge in [-0.2, -0.15) is 4.98 Å². The average molecular weight is 247 g/mol. The zero-order valence-corrected chi connectivity index (χ0v) is 10.6. The molecule has 0 fully saturated rings. The Morgan fingerprint density at radius 2 is 2.00 bits per heavy atom. The number of nitrogens with zero attached hydrogens (tertiary/aromatic N) is 2. The molecule has 5 heteroatoms. The van der Waals surface area contributed by atoms with E-state index in [9.17, 15) is 0 Å². The predicted octanol–water partition coefficient (Wildman–Crippen LogP) is 2.66. The van der Waals surface area contributed by atoms with E-state index in [4.69, 9.17) is 9.47 Å². The number of nitrogens with one attached hydrogen (secondary N) is 1. The predicted molar refractivity (Wildman–Crippen MR) is 68.8 cm³/mol. The first-order valence-electron chi connectivity index (χ1n) is 6.03. The molecule has 2 aromatic rings. The minimum Gasteiger partial charge on any atom is -0.497 e. The number of methoxy groups -OCH3 is 1. The monoisotopic (exact) mass is 247 g/mol. The van der Waals surface area contributed by atoms with Gasteiger partial charge in [-0.15, -0.1) is 5.10 Å². The lowest BCUT2D eigenvalue weighted by atomic mass is 10.2. The molecule has 1 N–H and O–H groups in total. The molecule has 1 aromatic heterocycles. The molecule has 0 aliphatic rings. The van der Waals surface area contributed by atoms with Crippen molar-refractivity contribution in [3.8, 4) is 23.1 Å². The van der Waals surface area contributed by atoms with Crippen molar-refractivity contribution in [2.24, 2.45) is 0 Å². The molecule has 0 radical (unpaired) electrons. The number of aromatic nitrogens is 3. The van der Waals surface area contributed by atoms with Crippen LogP contribution in [0.5, 0.6) is 11.8 Å². The van der Waals surface area contributed by atoms with E-state index in [1.165, 1.54) is 0 Å². The highest BCUT2D eigenvalue weighted by molar-refractivity contribution is 5.56. The van der Waals surface area contributed by atoms with Crippen LogP contribution in [0.3, 0.4) is 0 Å². The minimum atomic E-state index is 0.397. The molecule has 0 amide bonds. The minimum absolute atomic E-state index is 0.397. The fourth-order valence-electron chi connectivity index (χ4n) is 1.50. The molecule has 0 spiro atoms. The van der Waals surface area contributed by atoms with Crippen LogP contribution in [0.15, 0.2) is 24.3 Å². The number of ether oxygens (including phenoxy) is 2. The van der Waals surface area contributed by atoms with Crippen molar-refractivity contribution in [1.29, 1.82) is 0 Å². The van der Waals surface area contributed by atoms with Gasteiger partial charge in [0, 0.05) is 5.56 Å². The maximum atomic E-state index is 5.42. The highest BCUT2D eigenvalue weighted by atomic mass is 16.5. The summed E-state index contributed by atoms with van der Waals surface area (Å²) in [5.41, 5.74) is 0.952. The first kappa shape index (κ1) is 12.4. The summed E-state index contributed by atoms with van der Waals surface area (Å²) in [6.45, 7) is 2.76. The van der Waals surface area contributed by atoms with E-state index in [2.05, 4.69) is 22.1 Å². The summed E-state index contributed by atoms with van der Waals surface area (Å²) in [7, 11) is 1.64. The van der Waals surface area contributed by atoms with Crippen molar-refractivity contribution in [3.63, 3.8) is 0 Å². The third-order valence-corrected chi connectivity index (χ3v) is 2.56. The van der Waals surface area contributed by atoms with E-state index in [-0.39, 0.29) is 0 Å². The van der Waals surface area contributed by atoms with Crippen LogP contribution < -0.4 is 9.47 Å². The van der Waals surface area contributed by atoms with Crippen LogP contribution in [-0.2, 0) is 0 Å². The van der Waals surface area contributed by atoms with Gasteiger partial charge in [0.05, 0.1) is 13.7 Å². The van der Waals surface area contributed by atoms with Crippen molar-refractivity contribution < 1.29 is 9.47 Å². The highest BCUT2D eigenvalue weighted by Crippen LogP contribution is 2.20. The van der Waals surface area contributed by atoms with Crippen molar-refractivity contribution in [3.05, 3.63) is 24.3 Å². The SMILES string of the molecule is CCCCOc1n[nH]c(-c2ccc(OC)cc2)n1. The van der Waals surface area contributed by atoms with E-state index >= 15 is 0 Å². The Hall–Kier alpha value is -2.04. The molecule has 0 aliphatic carbocycles. The second-order valence-electron chi connectivity index (χ2n) is 3.90. The zero-order chi connectivity index (χ0) is 12.8. The largest absolute Gasteiger partial charge is 0.497 e. The lowest BCUT2D eigenvalue weighted by Gasteiger charge is -2.00. The van der Waals surface area contributed by atoms with Gasteiger partial charge in [-0.05, 0) is 30.7 Å². The molecular weight excluding hydrogens is 230 g/mol. The van der Waals surface area contributed by atoms with Crippen molar-refractivity contribution in [2.75, 3.05) is 13.7 Å². The molecule has 1 aromatic carbocycles. The van der Waals surface area contributed by atoms with Crippen molar-refractivity contribution in [2.45, 2.75) is 19.8 Å². The average Bonchev–Trinajstić information content (AvgIpc) is 2.88. The summed E-state index contributed by atoms with van der Waals surface area (Å²) in [5, 5.41) is 6.88. The van der Waals surface area contributed by atoms with Crippen LogP contribution in [0.2, 0.25) is 0 Å². The molecule has 96 valence electrons. The molecule has 0 aliphatic heterocycles. The number of hydrogen-bond donors (Lipinski definition) is 1. The molecular formula is C13H17N3O2. The van der Waals surface area contributed by atoms with Crippen LogP contribution in [0.25, 0.3) is 11.4 Å². The molecule has 0 saturated heterocycles. The van der Waals surface area contributed by atoms with Gasteiger partial charge < -0.3 is 9.47 Å². The number of rotatable bonds is 6. The van der Waals surface area contributed by atoms with Gasteiger partial charge in [0.25, 0.3) is 0 Å². The zero-order valence-electron chi connectivity index (χ0n) is 10.6. The number of benzene rings is 1. The third kappa shape index (κ3) is 3.00. The molecule has 2 rings (SSSR count). The summed E-state index contributed by atoms with van der Waals surface area (Å²) < 4.78 is 10.5. The fraction of sp³-hybridized carbons (Fsp3) is 0.385. The Bertz CT molecular complexity index is 479. The van der Waals surface area contributed by atoms with Gasteiger partial charge in [-0.1, -0.05) is 13.3 Å². The lowest BCUT2D eigenvalue weighted by molar-refractivity contribution is 0.286. The fourth-order valence-corrected chi connectivity index (χ4v) is 1.50. The Morgan fingerprint density at radius 1 is 1.22 bits per heavy atom. The Morgan fingerprint density at radius 3 is 2.67 bits per heavy atom. The lowest BCUT2D eigenvalue weighted by Crippen LogP contribution is -1.97. The maximum Gasteiger partial charge on any atom is 0.335 e. The topological polar surface area (TPSA) is 60.0 Å². The highest BCUT2D eigenvalue weighted by Gasteiger charge is 2.06. The van der Waals surface area contributed by atoms with E-state index in [0.717, 1.165) is 24.2 Å². The molecule has 0 atom stereocenters. The van der Waals surface area contributed by atoms with Crippen LogP contribution in [0.4, 0.5) is 0 Å². The van der Waals surface area contributed by atoms with Gasteiger partial charge in [0.15, 0.2) is 5.82 Å².